The molecule has 2 amide bonds. The molecule has 0 N–H and O–H groups in total. The second-order valence-corrected chi connectivity index (χ2v) is 8.60. The number of carbonyl (C=O) groups excluding carboxylic acids is 2. The minimum Gasteiger partial charge on any atom is -0.369 e. The average Bonchev–Trinajstić information content (AvgIpc) is 2.64. The average molecular weight is 400 g/mol. The van der Waals surface area contributed by atoms with E-state index in [9.17, 15) is 9.59 Å². The third-order valence-corrected chi connectivity index (χ3v) is 6.45. The molecule has 1 aromatic carbocycles. The van der Waals surface area contributed by atoms with E-state index in [1.807, 2.05) is 19.9 Å². The highest BCUT2D eigenvalue weighted by Gasteiger charge is 2.38. The molecule has 150 valence electrons. The number of hydrogen-bond donors (Lipinski definition) is 0. The highest BCUT2D eigenvalue weighted by atomic mass is 32.1. The Morgan fingerprint density at radius 2 is 1.71 bits per heavy atom. The Hall–Kier alpha value is -2.21. The molecular weight excluding hydrogens is 370 g/mol. The Labute approximate surface area is 173 Å². The maximum Gasteiger partial charge on any atom is 0.265 e. The summed E-state index contributed by atoms with van der Waals surface area (Å²) in [6, 6.07) is 6.19. The fourth-order valence-corrected chi connectivity index (χ4v) is 4.66. The molecule has 2 heterocycles. The lowest BCUT2D eigenvalue weighted by molar-refractivity contribution is -0.133. The smallest absolute Gasteiger partial charge is 0.265 e. The summed E-state index contributed by atoms with van der Waals surface area (Å²) in [5.74, 6) is -0.221. The topological polar surface area (TPSA) is 43.9 Å². The number of nitrogens with zero attached hydrogens (tertiary/aromatic N) is 3. The Kier molecular flexibility index (Phi) is 5.36. The second-order valence-electron chi connectivity index (χ2n) is 8.23. The third-order valence-electron chi connectivity index (χ3n) is 6.01. The minimum atomic E-state index is -0.314. The van der Waals surface area contributed by atoms with Gasteiger partial charge in [-0.25, -0.2) is 0 Å². The molecule has 3 rings (SSSR count). The van der Waals surface area contributed by atoms with E-state index in [0.717, 1.165) is 12.0 Å². The van der Waals surface area contributed by atoms with E-state index in [-0.39, 0.29) is 22.9 Å². The molecule has 1 saturated heterocycles. The summed E-state index contributed by atoms with van der Waals surface area (Å²) < 4.78 is 0. The van der Waals surface area contributed by atoms with Crippen LogP contribution in [-0.2, 0) is 9.59 Å². The summed E-state index contributed by atoms with van der Waals surface area (Å²) in [5, 5.41) is 0.292. The first-order valence-electron chi connectivity index (χ1n) is 9.89. The summed E-state index contributed by atoms with van der Waals surface area (Å²) in [6.07, 6.45) is 2.76. The van der Waals surface area contributed by atoms with Gasteiger partial charge in [-0.15, -0.1) is 0 Å². The molecule has 5 nitrogen and oxygen atoms in total. The summed E-state index contributed by atoms with van der Waals surface area (Å²) in [5.41, 5.74) is 3.60. The predicted octanol–water partition coefficient (Wildman–Crippen LogP) is 3.79. The van der Waals surface area contributed by atoms with Gasteiger partial charge >= 0.3 is 0 Å². The van der Waals surface area contributed by atoms with Crippen molar-refractivity contribution in [2.24, 2.45) is 0 Å². The number of fused-ring (bicyclic) bond motifs is 1. The van der Waals surface area contributed by atoms with Crippen molar-refractivity contribution in [2.45, 2.75) is 52.5 Å². The van der Waals surface area contributed by atoms with Crippen LogP contribution < -0.4 is 4.90 Å². The molecule has 0 aromatic heterocycles. The number of carbonyl (C=O) groups is 2. The molecular formula is C22H29N3O2S. The van der Waals surface area contributed by atoms with Crippen molar-refractivity contribution in [3.63, 3.8) is 0 Å². The van der Waals surface area contributed by atoms with Gasteiger partial charge in [-0.2, -0.15) is 0 Å². The number of anilines is 1. The van der Waals surface area contributed by atoms with Gasteiger partial charge in [-0.05, 0) is 81.6 Å². The summed E-state index contributed by atoms with van der Waals surface area (Å²) in [4.78, 5) is 31.0. The molecule has 0 saturated carbocycles. The Morgan fingerprint density at radius 1 is 1.14 bits per heavy atom. The molecule has 1 aromatic rings. The number of hydrogen-bond acceptors (Lipinski definition) is 4. The molecule has 2 aliphatic rings. The molecule has 28 heavy (non-hydrogen) atoms. The number of benzene rings is 1. The lowest BCUT2D eigenvalue weighted by atomic mass is 9.80. The van der Waals surface area contributed by atoms with E-state index >= 15 is 0 Å². The van der Waals surface area contributed by atoms with Gasteiger partial charge < -0.3 is 4.90 Å². The van der Waals surface area contributed by atoms with Gasteiger partial charge in [-0.3, -0.25) is 19.4 Å². The quantitative estimate of drug-likeness (QED) is 0.441. The van der Waals surface area contributed by atoms with E-state index in [4.69, 9.17) is 12.2 Å². The first-order valence-corrected chi connectivity index (χ1v) is 10.3. The van der Waals surface area contributed by atoms with E-state index < -0.39 is 0 Å². The molecule has 2 aliphatic heterocycles. The van der Waals surface area contributed by atoms with Gasteiger partial charge in [0, 0.05) is 31.4 Å². The molecule has 6 heteroatoms. The largest absolute Gasteiger partial charge is 0.369 e. The van der Waals surface area contributed by atoms with Crippen LogP contribution in [0.25, 0.3) is 6.08 Å². The van der Waals surface area contributed by atoms with Crippen LogP contribution in [0.4, 0.5) is 5.69 Å². The predicted molar refractivity (Wildman–Crippen MR) is 117 cm³/mol. The van der Waals surface area contributed by atoms with Crippen molar-refractivity contribution in [2.75, 3.05) is 25.0 Å². The summed E-state index contributed by atoms with van der Waals surface area (Å²) >= 11 is 5.33. The van der Waals surface area contributed by atoms with Crippen LogP contribution in [0.5, 0.6) is 0 Å². The monoisotopic (exact) mass is 399 g/mol. The van der Waals surface area contributed by atoms with E-state index in [1.54, 1.807) is 6.08 Å². The van der Waals surface area contributed by atoms with Gasteiger partial charge in [0.25, 0.3) is 11.8 Å². The maximum absolute atomic E-state index is 12.8. The van der Waals surface area contributed by atoms with Crippen molar-refractivity contribution in [3.05, 3.63) is 34.9 Å². The standard InChI is InChI=1S/C22H29N3O2S/c1-7-24-19(26)17(20(27)25(8-2)21(24)28)12-15-9-10-18-16(11-15)14(3)13-22(4,5)23(18)6/h9-12,14H,7-8,13H2,1-6H3/t14-/m0/s1. The molecule has 0 spiro atoms. The first-order chi connectivity index (χ1) is 13.1. The number of thiocarbonyl (C=S) groups is 1. The summed E-state index contributed by atoms with van der Waals surface area (Å²) in [7, 11) is 2.12. The molecule has 0 aliphatic carbocycles. The van der Waals surface area contributed by atoms with Crippen LogP contribution in [-0.4, -0.2) is 52.4 Å². The number of amides is 2. The Bertz CT molecular complexity index is 847. The van der Waals surface area contributed by atoms with Crippen molar-refractivity contribution < 1.29 is 9.59 Å². The van der Waals surface area contributed by atoms with Gasteiger partial charge in [0.2, 0.25) is 0 Å². The number of rotatable bonds is 3. The molecule has 0 radical (unpaired) electrons. The first kappa shape index (κ1) is 20.5. The second kappa shape index (κ2) is 7.32. The zero-order valence-corrected chi connectivity index (χ0v) is 18.4. The van der Waals surface area contributed by atoms with Crippen LogP contribution in [0.2, 0.25) is 0 Å². The van der Waals surface area contributed by atoms with Crippen LogP contribution in [0.3, 0.4) is 0 Å². The van der Waals surface area contributed by atoms with Crippen molar-refractivity contribution >= 4 is 40.9 Å². The van der Waals surface area contributed by atoms with Crippen LogP contribution in [0.15, 0.2) is 23.8 Å². The van der Waals surface area contributed by atoms with Gasteiger partial charge in [-0.1, -0.05) is 13.0 Å². The maximum atomic E-state index is 12.8. The van der Waals surface area contributed by atoms with Crippen LogP contribution in [0.1, 0.15) is 58.1 Å². The Morgan fingerprint density at radius 3 is 2.25 bits per heavy atom. The van der Waals surface area contributed by atoms with Gasteiger partial charge in [0.05, 0.1) is 0 Å². The molecule has 0 unspecified atom stereocenters. The normalized spacial score (nSPS) is 21.9. The lowest BCUT2D eigenvalue weighted by Crippen LogP contribution is -2.55. The third kappa shape index (κ3) is 3.24. The van der Waals surface area contributed by atoms with E-state index in [2.05, 4.69) is 44.9 Å². The minimum absolute atomic E-state index is 0.0979. The zero-order chi connectivity index (χ0) is 20.8. The summed E-state index contributed by atoms with van der Waals surface area (Å²) in [6.45, 7) is 11.4. The van der Waals surface area contributed by atoms with Crippen LogP contribution in [0, 0.1) is 0 Å². The zero-order valence-electron chi connectivity index (χ0n) is 17.6. The molecule has 1 fully saturated rings. The van der Waals surface area contributed by atoms with Gasteiger partial charge in [0.1, 0.15) is 5.57 Å². The number of likely N-dealkylation sites (N-methyl/N-ethyl adjacent to an activating group) is 2. The van der Waals surface area contributed by atoms with Gasteiger partial charge in [0.15, 0.2) is 5.11 Å². The molecule has 0 bridgehead atoms. The SMILES string of the molecule is CCN1C(=O)C(=Cc2ccc3c(c2)[C@@H](C)CC(C)(C)N3C)C(=O)N(CC)C1=S. The highest BCUT2D eigenvalue weighted by Crippen LogP contribution is 2.42. The van der Waals surface area contributed by atoms with Crippen LogP contribution >= 0.6 is 12.2 Å². The van der Waals surface area contributed by atoms with Crippen molar-refractivity contribution in [3.8, 4) is 0 Å². The fourth-order valence-electron chi connectivity index (χ4n) is 4.23. The Balaban J connectivity index is 2.04. The highest BCUT2D eigenvalue weighted by molar-refractivity contribution is 7.80. The van der Waals surface area contributed by atoms with E-state index in [0.29, 0.717) is 24.1 Å². The fraction of sp³-hybridized carbons (Fsp3) is 0.500. The van der Waals surface area contributed by atoms with Crippen molar-refractivity contribution in [1.29, 1.82) is 0 Å². The molecule has 1 atom stereocenters. The lowest BCUT2D eigenvalue weighted by Gasteiger charge is -2.45. The van der Waals surface area contributed by atoms with E-state index in [1.165, 1.54) is 21.1 Å². The van der Waals surface area contributed by atoms with Crippen molar-refractivity contribution in [1.82, 2.24) is 9.80 Å².